The molecule has 1 aromatic rings. The molecule has 0 spiro atoms. The van der Waals surface area contributed by atoms with Gasteiger partial charge in [-0.3, -0.25) is 4.79 Å². The monoisotopic (exact) mass is 247 g/mol. The van der Waals surface area contributed by atoms with Gasteiger partial charge in [-0.15, -0.1) is 0 Å². The lowest BCUT2D eigenvalue weighted by atomic mass is 10.0. The fraction of sp³-hybridized carbons (Fsp3) is 0.500. The summed E-state index contributed by atoms with van der Waals surface area (Å²) in [4.78, 5) is 10.9. The summed E-state index contributed by atoms with van der Waals surface area (Å²) in [7, 11) is 0. The highest BCUT2D eigenvalue weighted by atomic mass is 16.5. The average molecular weight is 247 g/mol. The molecule has 1 saturated heterocycles. The molecular weight excluding hydrogens is 230 g/mol. The first kappa shape index (κ1) is 11.5. The normalized spacial score (nSPS) is 29.9. The van der Waals surface area contributed by atoms with Crippen LogP contribution in [0.25, 0.3) is 0 Å². The van der Waals surface area contributed by atoms with E-state index in [2.05, 4.69) is 11.4 Å². The topological polar surface area (TPSA) is 58.6 Å². The first-order valence-electron chi connectivity index (χ1n) is 6.46. The van der Waals surface area contributed by atoms with E-state index in [9.17, 15) is 4.79 Å². The maximum atomic E-state index is 10.9. The number of rotatable bonds is 3. The molecule has 0 aromatic heterocycles. The summed E-state index contributed by atoms with van der Waals surface area (Å²) >= 11 is 0. The summed E-state index contributed by atoms with van der Waals surface area (Å²) in [5.74, 6) is 0.239. The van der Waals surface area contributed by atoms with Crippen LogP contribution in [0.2, 0.25) is 0 Å². The van der Waals surface area contributed by atoms with Crippen LogP contribution in [0.3, 0.4) is 0 Å². The fourth-order valence-corrected chi connectivity index (χ4v) is 2.90. The third-order valence-electron chi connectivity index (χ3n) is 3.80. The zero-order valence-electron chi connectivity index (χ0n) is 10.1. The van der Waals surface area contributed by atoms with Crippen molar-refractivity contribution in [3.8, 4) is 5.75 Å². The Balaban J connectivity index is 1.56. The Morgan fingerprint density at radius 3 is 2.94 bits per heavy atom. The summed E-state index contributed by atoms with van der Waals surface area (Å²) in [6.45, 7) is 0. The van der Waals surface area contributed by atoms with Crippen LogP contribution in [-0.2, 0) is 11.2 Å². The molecule has 2 aliphatic rings. The molecule has 0 saturated carbocycles. The van der Waals surface area contributed by atoms with Crippen molar-refractivity contribution in [2.24, 2.45) is 0 Å². The van der Waals surface area contributed by atoms with Gasteiger partial charge in [-0.25, -0.2) is 0 Å². The van der Waals surface area contributed by atoms with Gasteiger partial charge in [-0.05, 0) is 30.9 Å². The molecule has 2 aliphatic heterocycles. The van der Waals surface area contributed by atoms with Gasteiger partial charge >= 0.3 is 5.97 Å². The predicted molar refractivity (Wildman–Crippen MR) is 66.8 cm³/mol. The number of carboxylic acids is 1. The third-order valence-corrected chi connectivity index (χ3v) is 3.80. The summed E-state index contributed by atoms with van der Waals surface area (Å²) in [6.07, 6.45) is 3.66. The van der Waals surface area contributed by atoms with Crippen LogP contribution in [0.1, 0.15) is 24.8 Å². The Kier molecular flexibility index (Phi) is 2.96. The van der Waals surface area contributed by atoms with Gasteiger partial charge in [0.2, 0.25) is 0 Å². The minimum atomic E-state index is -0.742. The number of nitrogens with one attached hydrogen (secondary N) is 1. The maximum absolute atomic E-state index is 10.9. The largest absolute Gasteiger partial charge is 0.490 e. The molecule has 3 rings (SSSR count). The van der Waals surface area contributed by atoms with E-state index in [0.29, 0.717) is 0 Å². The van der Waals surface area contributed by atoms with Crippen molar-refractivity contribution in [1.29, 1.82) is 0 Å². The van der Waals surface area contributed by atoms with Crippen molar-refractivity contribution in [2.45, 2.75) is 43.9 Å². The number of carbonyl (C=O) groups is 1. The number of ether oxygens (including phenoxy) is 1. The summed E-state index contributed by atoms with van der Waals surface area (Å²) in [5.41, 5.74) is 1.26. The predicted octanol–water partition coefficient (Wildman–Crippen LogP) is 1.59. The molecule has 0 amide bonds. The highest BCUT2D eigenvalue weighted by Gasteiger charge is 2.32. The van der Waals surface area contributed by atoms with Gasteiger partial charge in [0.15, 0.2) is 0 Å². The van der Waals surface area contributed by atoms with Gasteiger partial charge in [-0.1, -0.05) is 18.2 Å². The van der Waals surface area contributed by atoms with E-state index in [4.69, 9.17) is 9.84 Å². The smallest absolute Gasteiger partial charge is 0.320 e. The van der Waals surface area contributed by atoms with E-state index in [0.717, 1.165) is 31.4 Å². The summed E-state index contributed by atoms with van der Waals surface area (Å²) in [5, 5.41) is 12.1. The van der Waals surface area contributed by atoms with E-state index in [1.54, 1.807) is 0 Å². The van der Waals surface area contributed by atoms with Crippen LogP contribution in [0.15, 0.2) is 24.3 Å². The summed E-state index contributed by atoms with van der Waals surface area (Å²) in [6, 6.07) is 7.99. The van der Waals surface area contributed by atoms with Crippen LogP contribution in [0, 0.1) is 0 Å². The van der Waals surface area contributed by atoms with Gasteiger partial charge in [0, 0.05) is 12.5 Å². The molecule has 0 radical (unpaired) electrons. The molecule has 96 valence electrons. The Morgan fingerprint density at radius 2 is 2.22 bits per heavy atom. The van der Waals surface area contributed by atoms with E-state index in [-0.39, 0.29) is 18.2 Å². The number of para-hydroxylation sites is 1. The van der Waals surface area contributed by atoms with Gasteiger partial charge in [-0.2, -0.15) is 0 Å². The number of aliphatic carboxylic acids is 1. The minimum absolute atomic E-state index is 0.187. The minimum Gasteiger partial charge on any atom is -0.490 e. The highest BCUT2D eigenvalue weighted by molar-refractivity contribution is 5.73. The highest BCUT2D eigenvalue weighted by Crippen LogP contribution is 2.31. The fourth-order valence-electron chi connectivity index (χ4n) is 2.90. The molecule has 18 heavy (non-hydrogen) atoms. The first-order chi connectivity index (χ1) is 8.72. The lowest BCUT2D eigenvalue weighted by molar-refractivity contribution is -0.139. The number of hydrogen-bond acceptors (Lipinski definition) is 3. The number of fused-ring (bicyclic) bond motifs is 1. The zero-order valence-corrected chi connectivity index (χ0v) is 10.1. The number of benzene rings is 1. The molecule has 0 aliphatic carbocycles. The third kappa shape index (κ3) is 2.20. The Morgan fingerprint density at radius 1 is 1.39 bits per heavy atom. The van der Waals surface area contributed by atoms with Crippen LogP contribution in [0.4, 0.5) is 0 Å². The van der Waals surface area contributed by atoms with Crippen molar-refractivity contribution in [1.82, 2.24) is 5.32 Å². The van der Waals surface area contributed by atoms with Crippen molar-refractivity contribution >= 4 is 5.97 Å². The van der Waals surface area contributed by atoms with Crippen LogP contribution >= 0.6 is 0 Å². The Bertz CT molecular complexity index is 435. The van der Waals surface area contributed by atoms with Crippen molar-refractivity contribution in [3.63, 3.8) is 0 Å². The van der Waals surface area contributed by atoms with Crippen LogP contribution in [-0.4, -0.2) is 29.3 Å². The average Bonchev–Trinajstić information content (AvgIpc) is 2.94. The molecule has 1 fully saturated rings. The van der Waals surface area contributed by atoms with Crippen molar-refractivity contribution < 1.29 is 14.6 Å². The Labute approximate surface area is 106 Å². The second-order valence-electron chi connectivity index (χ2n) is 5.12. The quantitative estimate of drug-likeness (QED) is 0.851. The SMILES string of the molecule is O=C(O)C1CCC(CC2Cc3ccccc3O2)N1. The maximum Gasteiger partial charge on any atom is 0.320 e. The summed E-state index contributed by atoms with van der Waals surface area (Å²) < 4.78 is 5.88. The van der Waals surface area contributed by atoms with Gasteiger partial charge < -0.3 is 15.2 Å². The molecular formula is C14H17NO3. The molecule has 1 aromatic carbocycles. The van der Waals surface area contributed by atoms with E-state index in [1.165, 1.54) is 5.56 Å². The van der Waals surface area contributed by atoms with Crippen LogP contribution < -0.4 is 10.1 Å². The lowest BCUT2D eigenvalue weighted by Crippen LogP contribution is -2.37. The molecule has 0 bridgehead atoms. The molecule has 3 atom stereocenters. The molecule has 3 unspecified atom stereocenters. The van der Waals surface area contributed by atoms with E-state index >= 15 is 0 Å². The van der Waals surface area contributed by atoms with E-state index < -0.39 is 5.97 Å². The second-order valence-corrected chi connectivity index (χ2v) is 5.12. The number of hydrogen-bond donors (Lipinski definition) is 2. The molecule has 4 nitrogen and oxygen atoms in total. The van der Waals surface area contributed by atoms with Gasteiger partial charge in [0.1, 0.15) is 17.9 Å². The van der Waals surface area contributed by atoms with Gasteiger partial charge in [0.05, 0.1) is 0 Å². The molecule has 2 N–H and O–H groups in total. The lowest BCUT2D eigenvalue weighted by Gasteiger charge is -2.16. The molecule has 2 heterocycles. The van der Waals surface area contributed by atoms with Gasteiger partial charge in [0.25, 0.3) is 0 Å². The van der Waals surface area contributed by atoms with E-state index in [1.807, 2.05) is 18.2 Å². The standard InChI is InChI=1S/C14H17NO3/c16-14(17)12-6-5-10(15-12)8-11-7-9-3-1-2-4-13(9)18-11/h1-4,10-12,15H,5-8H2,(H,16,17). The first-order valence-corrected chi connectivity index (χ1v) is 6.46. The van der Waals surface area contributed by atoms with Crippen molar-refractivity contribution in [2.75, 3.05) is 0 Å². The zero-order chi connectivity index (χ0) is 12.5. The van der Waals surface area contributed by atoms with Crippen LogP contribution in [0.5, 0.6) is 5.75 Å². The molecule has 4 heteroatoms. The van der Waals surface area contributed by atoms with Crippen molar-refractivity contribution in [3.05, 3.63) is 29.8 Å². The Hall–Kier alpha value is -1.55. The second kappa shape index (κ2) is 4.61. The number of carboxylic acid groups (broad SMARTS) is 1.